The maximum Gasteiger partial charge on any atom is 0.315 e. The molecule has 1 aliphatic rings. The number of fused-ring (bicyclic) bond motifs is 1. The maximum absolute atomic E-state index is 11.9. The molecule has 4 heteroatoms. The van der Waals surface area contributed by atoms with Crippen LogP contribution in [0, 0.1) is 5.41 Å². The second kappa shape index (κ2) is 6.94. The van der Waals surface area contributed by atoms with Crippen LogP contribution in [0.15, 0.2) is 24.3 Å². The molecule has 0 heterocycles. The van der Waals surface area contributed by atoms with Crippen LogP contribution in [0.2, 0.25) is 0 Å². The molecule has 1 unspecified atom stereocenters. The molecule has 2 amide bonds. The minimum Gasteiger partial charge on any atom is -0.396 e. The van der Waals surface area contributed by atoms with Crippen LogP contribution in [0.4, 0.5) is 4.79 Å². The molecule has 0 fully saturated rings. The number of urea groups is 1. The van der Waals surface area contributed by atoms with Crippen molar-refractivity contribution in [3.63, 3.8) is 0 Å². The third-order valence-electron chi connectivity index (χ3n) is 4.20. The lowest BCUT2D eigenvalue weighted by Gasteiger charge is -2.24. The number of aliphatic hydroxyl groups is 1. The maximum atomic E-state index is 11.9. The molecule has 1 aliphatic carbocycles. The molecular weight excluding hydrogens is 264 g/mol. The van der Waals surface area contributed by atoms with Gasteiger partial charge in [0.1, 0.15) is 0 Å². The summed E-state index contributed by atoms with van der Waals surface area (Å²) in [5.41, 5.74) is 2.91. The summed E-state index contributed by atoms with van der Waals surface area (Å²) < 4.78 is 0. The molecule has 0 aromatic heterocycles. The van der Waals surface area contributed by atoms with E-state index in [1.807, 2.05) is 6.92 Å². The summed E-state index contributed by atoms with van der Waals surface area (Å²) in [6.45, 7) is 5.04. The van der Waals surface area contributed by atoms with E-state index in [4.69, 9.17) is 5.11 Å². The Bertz CT molecular complexity index is 462. The predicted molar refractivity (Wildman–Crippen MR) is 84.3 cm³/mol. The van der Waals surface area contributed by atoms with Gasteiger partial charge in [-0.3, -0.25) is 0 Å². The van der Waals surface area contributed by atoms with Crippen molar-refractivity contribution >= 4 is 6.03 Å². The van der Waals surface area contributed by atoms with Crippen molar-refractivity contribution < 1.29 is 9.90 Å². The first-order valence-corrected chi connectivity index (χ1v) is 7.74. The van der Waals surface area contributed by atoms with Gasteiger partial charge >= 0.3 is 6.03 Å². The van der Waals surface area contributed by atoms with Gasteiger partial charge in [-0.25, -0.2) is 4.79 Å². The van der Waals surface area contributed by atoms with Gasteiger partial charge in [0.2, 0.25) is 0 Å². The standard InChI is InChI=1S/C17H26N2O2/c1-13(6-5-9-20)19-16(21)18-12-17(2)10-14-7-3-4-8-15(14)11-17/h3-4,7-8,13,20H,5-6,9-12H2,1-2H3,(H2,18,19,21). The third-order valence-corrected chi connectivity index (χ3v) is 4.20. The number of hydrogen-bond acceptors (Lipinski definition) is 2. The zero-order valence-electron chi connectivity index (χ0n) is 13.0. The van der Waals surface area contributed by atoms with Gasteiger partial charge in [0.25, 0.3) is 0 Å². The number of hydrogen-bond donors (Lipinski definition) is 3. The Labute approximate surface area is 126 Å². The summed E-state index contributed by atoms with van der Waals surface area (Å²) in [4.78, 5) is 11.9. The highest BCUT2D eigenvalue weighted by Gasteiger charge is 2.32. The predicted octanol–water partition coefficient (Wildman–Crippen LogP) is 2.25. The van der Waals surface area contributed by atoms with Crippen LogP contribution in [0.25, 0.3) is 0 Å². The summed E-state index contributed by atoms with van der Waals surface area (Å²) in [5, 5.41) is 14.7. The number of carbonyl (C=O) groups is 1. The lowest BCUT2D eigenvalue weighted by molar-refractivity contribution is 0.226. The van der Waals surface area contributed by atoms with Crippen LogP contribution < -0.4 is 10.6 Å². The van der Waals surface area contributed by atoms with Crippen molar-refractivity contribution in [3.8, 4) is 0 Å². The Kier molecular flexibility index (Phi) is 5.23. The van der Waals surface area contributed by atoms with Crippen LogP contribution >= 0.6 is 0 Å². The molecule has 0 radical (unpaired) electrons. The summed E-state index contributed by atoms with van der Waals surface area (Å²) in [7, 11) is 0. The highest BCUT2D eigenvalue weighted by molar-refractivity contribution is 5.74. The highest BCUT2D eigenvalue weighted by Crippen LogP contribution is 2.35. The molecule has 3 N–H and O–H groups in total. The largest absolute Gasteiger partial charge is 0.396 e. The second-order valence-corrected chi connectivity index (χ2v) is 6.53. The first-order valence-electron chi connectivity index (χ1n) is 7.74. The normalized spacial score (nSPS) is 17.1. The van der Waals surface area contributed by atoms with Gasteiger partial charge in [0.05, 0.1) is 0 Å². The molecule has 1 aromatic carbocycles. The topological polar surface area (TPSA) is 61.4 Å². The van der Waals surface area contributed by atoms with Crippen LogP contribution in [0.1, 0.15) is 37.8 Å². The van der Waals surface area contributed by atoms with Gasteiger partial charge in [0, 0.05) is 19.2 Å². The molecule has 0 saturated carbocycles. The first kappa shape index (κ1) is 15.8. The number of aliphatic hydroxyl groups excluding tert-OH is 1. The molecule has 116 valence electrons. The highest BCUT2D eigenvalue weighted by atomic mass is 16.3. The monoisotopic (exact) mass is 290 g/mol. The Morgan fingerprint density at radius 3 is 2.52 bits per heavy atom. The summed E-state index contributed by atoms with van der Waals surface area (Å²) in [6, 6.07) is 8.49. The van der Waals surface area contributed by atoms with E-state index in [1.54, 1.807) is 0 Å². The zero-order chi connectivity index (χ0) is 15.3. The van der Waals surface area contributed by atoms with Gasteiger partial charge in [-0.2, -0.15) is 0 Å². The number of amides is 2. The molecule has 0 aliphatic heterocycles. The van der Waals surface area contributed by atoms with E-state index in [1.165, 1.54) is 11.1 Å². The zero-order valence-corrected chi connectivity index (χ0v) is 13.0. The van der Waals surface area contributed by atoms with E-state index in [-0.39, 0.29) is 24.1 Å². The van der Waals surface area contributed by atoms with E-state index < -0.39 is 0 Å². The van der Waals surface area contributed by atoms with E-state index >= 15 is 0 Å². The van der Waals surface area contributed by atoms with E-state index in [0.29, 0.717) is 13.0 Å². The van der Waals surface area contributed by atoms with Crippen molar-refractivity contribution in [3.05, 3.63) is 35.4 Å². The van der Waals surface area contributed by atoms with Crippen LogP contribution in [-0.4, -0.2) is 30.3 Å². The molecule has 4 nitrogen and oxygen atoms in total. The van der Waals surface area contributed by atoms with Gasteiger partial charge in [-0.05, 0) is 49.1 Å². The van der Waals surface area contributed by atoms with Crippen LogP contribution in [0.3, 0.4) is 0 Å². The molecule has 0 saturated heterocycles. The molecule has 0 spiro atoms. The quantitative estimate of drug-likeness (QED) is 0.752. The Hall–Kier alpha value is -1.55. The van der Waals surface area contributed by atoms with Crippen molar-refractivity contribution in [1.29, 1.82) is 0 Å². The number of carbonyl (C=O) groups excluding carboxylic acids is 1. The molecule has 1 atom stereocenters. The lowest BCUT2D eigenvalue weighted by Crippen LogP contribution is -2.45. The average molecular weight is 290 g/mol. The summed E-state index contributed by atoms with van der Waals surface area (Å²) in [5.74, 6) is 0. The molecule has 21 heavy (non-hydrogen) atoms. The fourth-order valence-corrected chi connectivity index (χ4v) is 3.05. The first-order chi connectivity index (χ1) is 10.0. The average Bonchev–Trinajstić information content (AvgIpc) is 2.79. The minimum absolute atomic E-state index is 0.0886. The molecule has 1 aromatic rings. The second-order valence-electron chi connectivity index (χ2n) is 6.53. The van der Waals surface area contributed by atoms with Crippen molar-refractivity contribution in [2.24, 2.45) is 5.41 Å². The fraction of sp³-hybridized carbons (Fsp3) is 0.588. The van der Waals surface area contributed by atoms with E-state index in [9.17, 15) is 4.79 Å². The smallest absolute Gasteiger partial charge is 0.315 e. The molecule has 0 bridgehead atoms. The fourth-order valence-electron chi connectivity index (χ4n) is 3.05. The van der Waals surface area contributed by atoms with Crippen LogP contribution in [-0.2, 0) is 12.8 Å². The SMILES string of the molecule is CC(CCCO)NC(=O)NCC1(C)Cc2ccccc2C1. The van der Waals surface area contributed by atoms with Gasteiger partial charge in [-0.1, -0.05) is 31.2 Å². The summed E-state index contributed by atoms with van der Waals surface area (Å²) >= 11 is 0. The Balaban J connectivity index is 1.77. The lowest BCUT2D eigenvalue weighted by atomic mass is 9.87. The number of nitrogens with one attached hydrogen (secondary N) is 2. The van der Waals surface area contributed by atoms with Crippen LogP contribution in [0.5, 0.6) is 0 Å². The Morgan fingerprint density at radius 2 is 1.95 bits per heavy atom. The van der Waals surface area contributed by atoms with Crippen molar-refractivity contribution in [2.75, 3.05) is 13.2 Å². The van der Waals surface area contributed by atoms with E-state index in [2.05, 4.69) is 41.8 Å². The van der Waals surface area contributed by atoms with Crippen molar-refractivity contribution in [2.45, 2.75) is 45.6 Å². The summed E-state index contributed by atoms with van der Waals surface area (Å²) in [6.07, 6.45) is 3.55. The third kappa shape index (κ3) is 4.46. The minimum atomic E-state index is -0.113. The van der Waals surface area contributed by atoms with Gasteiger partial charge < -0.3 is 15.7 Å². The van der Waals surface area contributed by atoms with Gasteiger partial charge in [-0.15, -0.1) is 0 Å². The molecular formula is C17H26N2O2. The van der Waals surface area contributed by atoms with E-state index in [0.717, 1.165) is 19.3 Å². The number of benzene rings is 1. The van der Waals surface area contributed by atoms with Crippen molar-refractivity contribution in [1.82, 2.24) is 10.6 Å². The number of rotatable bonds is 6. The van der Waals surface area contributed by atoms with Gasteiger partial charge in [0.15, 0.2) is 0 Å². The molecule has 2 rings (SSSR count). The Morgan fingerprint density at radius 1 is 1.33 bits per heavy atom.